The second kappa shape index (κ2) is 2.73. The number of nitrogens with zero attached hydrogens (tertiary/aromatic N) is 2. The maximum atomic E-state index is 4.34. The van der Waals surface area contributed by atoms with Gasteiger partial charge < -0.3 is 4.90 Å². The molecule has 2 nitrogen and oxygen atoms in total. The molecule has 1 saturated heterocycles. The van der Waals surface area contributed by atoms with E-state index in [0.29, 0.717) is 11.5 Å². The lowest BCUT2D eigenvalue weighted by molar-refractivity contribution is 0.235. The van der Waals surface area contributed by atoms with Crippen molar-refractivity contribution < 1.29 is 0 Å². The zero-order valence-electron chi connectivity index (χ0n) is 9.97. The quantitative estimate of drug-likeness (QED) is 0.526. The summed E-state index contributed by atoms with van der Waals surface area (Å²) in [6, 6.07) is 0.539. The molecule has 0 saturated carbocycles. The van der Waals surface area contributed by atoms with Crippen molar-refractivity contribution in [2.45, 2.75) is 53.1 Å². The average molecular weight is 182 g/mol. The molecule has 13 heavy (non-hydrogen) atoms. The van der Waals surface area contributed by atoms with E-state index >= 15 is 0 Å². The Labute approximate surface area is 82.0 Å². The maximum Gasteiger partial charge on any atom is 0.123 e. The van der Waals surface area contributed by atoms with E-state index in [2.05, 4.69) is 51.4 Å². The Morgan fingerprint density at radius 3 is 1.62 bits per heavy atom. The third-order valence-electron chi connectivity index (χ3n) is 2.45. The first kappa shape index (κ1) is 10.6. The van der Waals surface area contributed by atoms with Crippen LogP contribution in [0.25, 0.3) is 0 Å². The number of rotatable bonds is 0. The lowest BCUT2D eigenvalue weighted by Gasteiger charge is -2.26. The minimum atomic E-state index is 0.215. The summed E-state index contributed by atoms with van der Waals surface area (Å²) < 4.78 is 0. The number of hydrogen-bond donors (Lipinski definition) is 0. The molecule has 0 aromatic rings. The van der Waals surface area contributed by atoms with Crippen molar-refractivity contribution in [2.24, 2.45) is 10.4 Å². The summed E-state index contributed by atoms with van der Waals surface area (Å²) in [4.78, 5) is 6.75. The van der Waals surface area contributed by atoms with Gasteiger partial charge in [0.1, 0.15) is 5.84 Å². The molecule has 0 aromatic carbocycles. The summed E-state index contributed by atoms with van der Waals surface area (Å²) in [5, 5.41) is 0. The standard InChI is InChI=1S/C11H22N2/c1-10(2,3)8-9(12-7)13(8)11(4,5)6/h8H,1-7H3. The van der Waals surface area contributed by atoms with Crippen LogP contribution in [0.1, 0.15) is 41.5 Å². The molecule has 1 heterocycles. The van der Waals surface area contributed by atoms with Gasteiger partial charge in [-0.2, -0.15) is 0 Å². The van der Waals surface area contributed by atoms with E-state index < -0.39 is 0 Å². The molecule has 0 aromatic heterocycles. The topological polar surface area (TPSA) is 15.4 Å². The summed E-state index contributed by atoms with van der Waals surface area (Å²) in [6.45, 7) is 13.5. The Kier molecular flexibility index (Phi) is 2.21. The maximum absolute atomic E-state index is 4.34. The van der Waals surface area contributed by atoms with Crippen molar-refractivity contribution in [1.29, 1.82) is 0 Å². The average Bonchev–Trinajstić information content (AvgIpc) is 2.56. The van der Waals surface area contributed by atoms with Crippen molar-refractivity contribution in [1.82, 2.24) is 4.90 Å². The first-order valence-electron chi connectivity index (χ1n) is 4.95. The van der Waals surface area contributed by atoms with Gasteiger partial charge >= 0.3 is 0 Å². The van der Waals surface area contributed by atoms with E-state index in [1.165, 1.54) is 5.84 Å². The smallest absolute Gasteiger partial charge is 0.123 e. The Morgan fingerprint density at radius 2 is 1.54 bits per heavy atom. The zero-order valence-corrected chi connectivity index (χ0v) is 9.97. The number of aliphatic imine (C=N–C) groups is 1. The molecule has 1 aliphatic heterocycles. The van der Waals surface area contributed by atoms with E-state index in [-0.39, 0.29) is 5.54 Å². The molecule has 1 rings (SSSR count). The van der Waals surface area contributed by atoms with Gasteiger partial charge in [-0.3, -0.25) is 4.99 Å². The number of amidine groups is 1. The van der Waals surface area contributed by atoms with E-state index in [9.17, 15) is 0 Å². The van der Waals surface area contributed by atoms with Crippen LogP contribution in [0.3, 0.4) is 0 Å². The monoisotopic (exact) mass is 182 g/mol. The Bertz CT molecular complexity index is 205. The van der Waals surface area contributed by atoms with Crippen LogP contribution in [0.2, 0.25) is 0 Å². The van der Waals surface area contributed by atoms with Crippen LogP contribution in [0.15, 0.2) is 4.99 Å². The predicted molar refractivity (Wildman–Crippen MR) is 58.2 cm³/mol. The third-order valence-corrected chi connectivity index (χ3v) is 2.45. The molecule has 1 fully saturated rings. The Balaban J connectivity index is 2.84. The van der Waals surface area contributed by atoms with Crippen LogP contribution in [0.5, 0.6) is 0 Å². The second-order valence-electron chi connectivity index (χ2n) is 5.89. The van der Waals surface area contributed by atoms with Gasteiger partial charge in [0, 0.05) is 12.6 Å². The Morgan fingerprint density at radius 1 is 1.08 bits per heavy atom. The summed E-state index contributed by atoms with van der Waals surface area (Å²) in [7, 11) is 1.89. The highest BCUT2D eigenvalue weighted by Gasteiger charge is 2.54. The minimum absolute atomic E-state index is 0.215. The predicted octanol–water partition coefficient (Wildman–Crippen LogP) is 2.54. The van der Waals surface area contributed by atoms with Gasteiger partial charge in [-0.1, -0.05) is 20.8 Å². The van der Waals surface area contributed by atoms with Crippen molar-refractivity contribution in [3.63, 3.8) is 0 Å². The van der Waals surface area contributed by atoms with E-state index in [1.54, 1.807) is 0 Å². The van der Waals surface area contributed by atoms with E-state index in [1.807, 2.05) is 7.05 Å². The molecule has 1 unspecified atom stereocenters. The lowest BCUT2D eigenvalue weighted by Crippen LogP contribution is -2.31. The molecule has 0 amide bonds. The van der Waals surface area contributed by atoms with Crippen LogP contribution in [0, 0.1) is 5.41 Å². The van der Waals surface area contributed by atoms with E-state index in [4.69, 9.17) is 0 Å². The molecule has 1 aliphatic rings. The van der Waals surface area contributed by atoms with Crippen LogP contribution in [-0.2, 0) is 0 Å². The first-order chi connectivity index (χ1) is 5.69. The molecule has 1 atom stereocenters. The van der Waals surface area contributed by atoms with Crippen molar-refractivity contribution >= 4 is 5.84 Å². The van der Waals surface area contributed by atoms with Gasteiger partial charge in [0.15, 0.2) is 0 Å². The van der Waals surface area contributed by atoms with E-state index in [0.717, 1.165) is 0 Å². The molecule has 0 aliphatic carbocycles. The molecule has 0 bridgehead atoms. The fourth-order valence-electron chi connectivity index (χ4n) is 1.92. The van der Waals surface area contributed by atoms with Crippen LogP contribution >= 0.6 is 0 Å². The van der Waals surface area contributed by atoms with Gasteiger partial charge in [-0.25, -0.2) is 0 Å². The summed E-state index contributed by atoms with van der Waals surface area (Å²) in [6.07, 6.45) is 0. The largest absolute Gasteiger partial charge is 0.343 e. The van der Waals surface area contributed by atoms with Gasteiger partial charge in [0.2, 0.25) is 0 Å². The Hall–Kier alpha value is -0.530. The highest BCUT2D eigenvalue weighted by molar-refractivity contribution is 6.03. The van der Waals surface area contributed by atoms with Crippen LogP contribution in [-0.4, -0.2) is 29.4 Å². The van der Waals surface area contributed by atoms with Gasteiger partial charge in [-0.15, -0.1) is 0 Å². The molecule has 0 spiro atoms. The third kappa shape index (κ3) is 1.87. The van der Waals surface area contributed by atoms with Crippen LogP contribution in [0.4, 0.5) is 0 Å². The highest BCUT2D eigenvalue weighted by atomic mass is 15.4. The first-order valence-corrected chi connectivity index (χ1v) is 4.95. The zero-order chi connectivity index (χ0) is 10.4. The summed E-state index contributed by atoms with van der Waals surface area (Å²) in [5.74, 6) is 1.26. The summed E-state index contributed by atoms with van der Waals surface area (Å²) >= 11 is 0. The molecular formula is C11H22N2. The molecule has 76 valence electrons. The van der Waals surface area contributed by atoms with Crippen LogP contribution < -0.4 is 0 Å². The highest BCUT2D eigenvalue weighted by Crippen LogP contribution is 2.42. The normalized spacial score (nSPS) is 26.8. The minimum Gasteiger partial charge on any atom is -0.343 e. The molecular weight excluding hydrogens is 160 g/mol. The molecule has 0 N–H and O–H groups in total. The van der Waals surface area contributed by atoms with Crippen molar-refractivity contribution in [3.05, 3.63) is 0 Å². The van der Waals surface area contributed by atoms with Crippen molar-refractivity contribution in [2.75, 3.05) is 7.05 Å². The second-order valence-corrected chi connectivity index (χ2v) is 5.89. The fourth-order valence-corrected chi connectivity index (χ4v) is 1.92. The SMILES string of the molecule is CN=C1C(C(C)(C)C)N1C(C)(C)C. The number of hydrogen-bond acceptors (Lipinski definition) is 1. The summed E-state index contributed by atoms with van der Waals surface area (Å²) in [5.41, 5.74) is 0.523. The molecule has 2 heteroatoms. The molecule has 0 radical (unpaired) electrons. The fraction of sp³-hybridized carbons (Fsp3) is 0.909. The van der Waals surface area contributed by atoms with Crippen molar-refractivity contribution in [3.8, 4) is 0 Å². The van der Waals surface area contributed by atoms with Gasteiger partial charge in [0.25, 0.3) is 0 Å². The van der Waals surface area contributed by atoms with Gasteiger partial charge in [-0.05, 0) is 26.2 Å². The van der Waals surface area contributed by atoms with Gasteiger partial charge in [0.05, 0.1) is 6.04 Å². The lowest BCUT2D eigenvalue weighted by atomic mass is 9.91.